The number of hydrogen-bond donors (Lipinski definition) is 4. The summed E-state index contributed by atoms with van der Waals surface area (Å²) in [5, 5.41) is 37.4. The van der Waals surface area contributed by atoms with Crippen LogP contribution in [0.3, 0.4) is 0 Å². The highest BCUT2D eigenvalue weighted by Gasteiger charge is 2.18. The quantitative estimate of drug-likeness (QED) is 0.328. The lowest BCUT2D eigenvalue weighted by Crippen LogP contribution is -2.26. The van der Waals surface area contributed by atoms with E-state index in [-0.39, 0.29) is 13.2 Å². The lowest BCUT2D eigenvalue weighted by atomic mass is 10.0. The van der Waals surface area contributed by atoms with Gasteiger partial charge in [-0.1, -0.05) is 13.0 Å². The molecule has 0 saturated heterocycles. The van der Waals surface area contributed by atoms with Crippen molar-refractivity contribution in [2.75, 3.05) is 36.2 Å². The summed E-state index contributed by atoms with van der Waals surface area (Å²) in [5.41, 5.74) is 0.647. The lowest BCUT2D eigenvalue weighted by molar-refractivity contribution is 0.168. The fourth-order valence-electron chi connectivity index (χ4n) is 1.44. The van der Waals surface area contributed by atoms with Gasteiger partial charge in [0.25, 0.3) is 0 Å². The first-order chi connectivity index (χ1) is 8.67. The van der Waals surface area contributed by atoms with Gasteiger partial charge in [-0.25, -0.2) is 0 Å². The van der Waals surface area contributed by atoms with Crippen LogP contribution in [0.2, 0.25) is 0 Å². The first-order valence-corrected chi connectivity index (χ1v) is 8.41. The summed E-state index contributed by atoms with van der Waals surface area (Å²) >= 11 is 2.93. The molecule has 18 heavy (non-hydrogen) atoms. The van der Waals surface area contributed by atoms with E-state index in [1.54, 1.807) is 0 Å². The Hall–Kier alpha value is 0.280. The van der Waals surface area contributed by atoms with E-state index in [0.717, 1.165) is 6.42 Å². The van der Waals surface area contributed by atoms with E-state index in [2.05, 4.69) is 0 Å². The van der Waals surface area contributed by atoms with Crippen molar-refractivity contribution in [1.82, 2.24) is 0 Å². The van der Waals surface area contributed by atoms with E-state index in [1.165, 1.54) is 23.5 Å². The third kappa shape index (κ3) is 8.39. The number of aliphatic hydroxyl groups excluding tert-OH is 4. The van der Waals surface area contributed by atoms with Crippen molar-refractivity contribution in [2.45, 2.75) is 25.6 Å². The van der Waals surface area contributed by atoms with Gasteiger partial charge in [-0.2, -0.15) is 23.5 Å². The first kappa shape index (κ1) is 18.3. The zero-order valence-corrected chi connectivity index (χ0v) is 12.4. The number of allylic oxidation sites excluding steroid dienone is 1. The second-order valence-electron chi connectivity index (χ2n) is 3.74. The zero-order valence-electron chi connectivity index (χ0n) is 10.8. The summed E-state index contributed by atoms with van der Waals surface area (Å²) in [4.78, 5) is 0. The molecule has 0 aromatic carbocycles. The molecule has 4 N–H and O–H groups in total. The number of thioether (sulfide) groups is 2. The summed E-state index contributed by atoms with van der Waals surface area (Å²) in [7, 11) is 0. The fraction of sp³-hybridized carbons (Fsp3) is 0.833. The Morgan fingerprint density at radius 3 is 1.78 bits per heavy atom. The number of aliphatic hydroxyl groups is 4. The maximum absolute atomic E-state index is 10.0. The van der Waals surface area contributed by atoms with E-state index < -0.39 is 12.2 Å². The maximum atomic E-state index is 10.0. The highest BCUT2D eigenvalue weighted by atomic mass is 32.2. The maximum Gasteiger partial charge on any atom is 0.0865 e. The largest absolute Gasteiger partial charge is 0.396 e. The predicted octanol–water partition coefficient (Wildman–Crippen LogP) is 0.496. The van der Waals surface area contributed by atoms with Crippen molar-refractivity contribution in [3.05, 3.63) is 11.6 Å². The molecule has 0 spiro atoms. The van der Waals surface area contributed by atoms with E-state index in [0.29, 0.717) is 28.6 Å². The molecule has 0 rings (SSSR count). The SMILES string of the molecule is CCC=C(C(O)CSCCO)C(O)CSCCO. The Kier molecular flexibility index (Phi) is 12.5. The molecular formula is C12H24O4S2. The van der Waals surface area contributed by atoms with Gasteiger partial charge in [-0.3, -0.25) is 0 Å². The normalized spacial score (nSPS) is 14.3. The molecule has 0 aliphatic heterocycles. The number of rotatable bonds is 11. The first-order valence-electron chi connectivity index (χ1n) is 6.10. The Labute approximate surface area is 117 Å². The standard InChI is InChI=1S/C12H24O4S2/c1-2-3-10(11(15)8-17-6-4-13)12(16)9-18-7-5-14/h3,11-16H,2,4-9H2,1H3. The second kappa shape index (κ2) is 12.3. The minimum absolute atomic E-state index is 0.0963. The summed E-state index contributed by atoms with van der Waals surface area (Å²) in [5.74, 6) is 2.14. The highest BCUT2D eigenvalue weighted by Crippen LogP contribution is 2.17. The summed E-state index contributed by atoms with van der Waals surface area (Å²) < 4.78 is 0. The highest BCUT2D eigenvalue weighted by molar-refractivity contribution is 7.99. The van der Waals surface area contributed by atoms with Gasteiger partial charge in [0.1, 0.15) is 0 Å². The van der Waals surface area contributed by atoms with Gasteiger partial charge < -0.3 is 20.4 Å². The monoisotopic (exact) mass is 296 g/mol. The molecule has 0 amide bonds. The molecular weight excluding hydrogens is 272 g/mol. The van der Waals surface area contributed by atoms with E-state index in [1.807, 2.05) is 13.0 Å². The summed E-state index contributed by atoms with van der Waals surface area (Å²) in [6.07, 6.45) is 1.27. The molecule has 4 nitrogen and oxygen atoms in total. The van der Waals surface area contributed by atoms with Gasteiger partial charge >= 0.3 is 0 Å². The molecule has 0 aromatic heterocycles. The topological polar surface area (TPSA) is 80.9 Å². The summed E-state index contributed by atoms with van der Waals surface area (Å²) in [6, 6.07) is 0. The van der Waals surface area contributed by atoms with E-state index in [9.17, 15) is 10.2 Å². The van der Waals surface area contributed by atoms with Gasteiger partial charge in [0, 0.05) is 23.0 Å². The minimum Gasteiger partial charge on any atom is -0.396 e. The van der Waals surface area contributed by atoms with Crippen LogP contribution in [0.25, 0.3) is 0 Å². The molecule has 2 unspecified atom stereocenters. The second-order valence-corrected chi connectivity index (χ2v) is 6.04. The van der Waals surface area contributed by atoms with Gasteiger partial charge in [0.15, 0.2) is 0 Å². The molecule has 0 heterocycles. The van der Waals surface area contributed by atoms with Crippen molar-refractivity contribution in [1.29, 1.82) is 0 Å². The van der Waals surface area contributed by atoms with Crippen LogP contribution in [0, 0.1) is 0 Å². The fourth-order valence-corrected chi connectivity index (χ4v) is 2.86. The van der Waals surface area contributed by atoms with Gasteiger partial charge in [-0.15, -0.1) is 0 Å². The third-order valence-corrected chi connectivity index (χ3v) is 4.28. The third-order valence-electron chi connectivity index (χ3n) is 2.23. The van der Waals surface area contributed by atoms with Crippen LogP contribution in [-0.4, -0.2) is 68.9 Å². The van der Waals surface area contributed by atoms with E-state index >= 15 is 0 Å². The molecule has 2 atom stereocenters. The van der Waals surface area contributed by atoms with Crippen LogP contribution >= 0.6 is 23.5 Å². The van der Waals surface area contributed by atoms with Crippen molar-refractivity contribution in [3.63, 3.8) is 0 Å². The van der Waals surface area contributed by atoms with Gasteiger partial charge in [-0.05, 0) is 12.0 Å². The van der Waals surface area contributed by atoms with Crippen molar-refractivity contribution < 1.29 is 20.4 Å². The van der Waals surface area contributed by atoms with Crippen molar-refractivity contribution >= 4 is 23.5 Å². The molecule has 0 aliphatic carbocycles. The molecule has 0 radical (unpaired) electrons. The molecule has 6 heteroatoms. The van der Waals surface area contributed by atoms with Crippen LogP contribution < -0.4 is 0 Å². The molecule has 0 fully saturated rings. The van der Waals surface area contributed by atoms with Crippen LogP contribution in [0.15, 0.2) is 11.6 Å². The van der Waals surface area contributed by atoms with Crippen LogP contribution in [0.1, 0.15) is 13.3 Å². The molecule has 0 saturated carbocycles. The Morgan fingerprint density at radius 2 is 1.44 bits per heavy atom. The Morgan fingerprint density at radius 1 is 1.00 bits per heavy atom. The molecule has 108 valence electrons. The van der Waals surface area contributed by atoms with Gasteiger partial charge in [0.2, 0.25) is 0 Å². The molecule has 0 aliphatic rings. The van der Waals surface area contributed by atoms with Crippen molar-refractivity contribution in [2.24, 2.45) is 0 Å². The zero-order chi connectivity index (χ0) is 13.8. The Bertz CT molecular complexity index is 206. The molecule has 0 aromatic rings. The minimum atomic E-state index is -0.675. The summed E-state index contributed by atoms with van der Waals surface area (Å²) in [6.45, 7) is 2.15. The average Bonchev–Trinajstić information content (AvgIpc) is 2.36. The van der Waals surface area contributed by atoms with E-state index in [4.69, 9.17) is 10.2 Å². The Balaban J connectivity index is 4.22. The average molecular weight is 296 g/mol. The van der Waals surface area contributed by atoms with Crippen LogP contribution in [-0.2, 0) is 0 Å². The van der Waals surface area contributed by atoms with Crippen LogP contribution in [0.4, 0.5) is 0 Å². The van der Waals surface area contributed by atoms with Crippen molar-refractivity contribution in [3.8, 4) is 0 Å². The lowest BCUT2D eigenvalue weighted by Gasteiger charge is -2.20. The smallest absolute Gasteiger partial charge is 0.0865 e. The predicted molar refractivity (Wildman–Crippen MR) is 79.2 cm³/mol. The number of hydrogen-bond acceptors (Lipinski definition) is 6. The molecule has 0 bridgehead atoms. The van der Waals surface area contributed by atoms with Crippen LogP contribution in [0.5, 0.6) is 0 Å². The van der Waals surface area contributed by atoms with Gasteiger partial charge in [0.05, 0.1) is 25.4 Å².